The number of nitrogens with zero attached hydrogens (tertiary/aromatic N) is 4. The fourth-order valence-corrected chi connectivity index (χ4v) is 4.24. The highest BCUT2D eigenvalue weighted by Crippen LogP contribution is 2.29. The number of carbonyl (C=O) groups is 2. The molecule has 3 heterocycles. The first-order valence-electron chi connectivity index (χ1n) is 10.6. The summed E-state index contributed by atoms with van der Waals surface area (Å²) in [6.45, 7) is 3.49. The average molecular weight is 409 g/mol. The van der Waals surface area contributed by atoms with E-state index in [9.17, 15) is 9.59 Å². The molecule has 2 fully saturated rings. The summed E-state index contributed by atoms with van der Waals surface area (Å²) in [4.78, 5) is 35.7. The molecular weight excluding hydrogens is 380 g/mol. The van der Waals surface area contributed by atoms with Gasteiger partial charge in [-0.25, -0.2) is 9.97 Å². The molecule has 30 heavy (non-hydrogen) atoms. The third-order valence-corrected chi connectivity index (χ3v) is 6.00. The van der Waals surface area contributed by atoms with Gasteiger partial charge in [-0.1, -0.05) is 12.1 Å². The highest BCUT2D eigenvalue weighted by atomic mass is 16.1. The molecule has 0 spiro atoms. The zero-order valence-corrected chi connectivity index (χ0v) is 17.1. The van der Waals surface area contributed by atoms with Gasteiger partial charge in [-0.15, -0.1) is 0 Å². The number of hydrogen-bond donors (Lipinski definition) is 2. The first kappa shape index (κ1) is 20.1. The van der Waals surface area contributed by atoms with Crippen LogP contribution in [0.2, 0.25) is 0 Å². The maximum atomic E-state index is 11.8. The van der Waals surface area contributed by atoms with Gasteiger partial charge in [0.2, 0.25) is 6.41 Å². The Morgan fingerprint density at radius 3 is 2.40 bits per heavy atom. The lowest BCUT2D eigenvalue weighted by atomic mass is 9.89. The van der Waals surface area contributed by atoms with Crippen molar-refractivity contribution in [2.75, 3.05) is 36.4 Å². The van der Waals surface area contributed by atoms with E-state index in [-0.39, 0.29) is 5.69 Å². The predicted molar refractivity (Wildman–Crippen MR) is 116 cm³/mol. The summed E-state index contributed by atoms with van der Waals surface area (Å²) in [5, 5.41) is 3.22. The van der Waals surface area contributed by atoms with Gasteiger partial charge in [0.05, 0.1) is 6.20 Å². The second kappa shape index (κ2) is 9.11. The van der Waals surface area contributed by atoms with Crippen molar-refractivity contribution in [1.29, 1.82) is 0 Å². The van der Waals surface area contributed by atoms with Crippen molar-refractivity contribution in [3.8, 4) is 0 Å². The lowest BCUT2D eigenvalue weighted by Gasteiger charge is -2.29. The van der Waals surface area contributed by atoms with E-state index in [1.807, 2.05) is 17.0 Å². The Balaban J connectivity index is 1.50. The van der Waals surface area contributed by atoms with E-state index >= 15 is 0 Å². The molecule has 8 nitrogen and oxygen atoms in total. The number of piperidine rings is 2. The Labute approximate surface area is 176 Å². The number of amides is 2. The second-order valence-electron chi connectivity index (χ2n) is 8.00. The number of benzene rings is 1. The van der Waals surface area contributed by atoms with E-state index < -0.39 is 5.91 Å². The number of carbonyl (C=O) groups excluding carboxylic acids is 2. The van der Waals surface area contributed by atoms with Crippen LogP contribution in [-0.4, -0.2) is 53.4 Å². The number of anilines is 3. The molecule has 0 bridgehead atoms. The first-order chi connectivity index (χ1) is 14.6. The zero-order chi connectivity index (χ0) is 20.9. The summed E-state index contributed by atoms with van der Waals surface area (Å²) < 4.78 is 0. The number of likely N-dealkylation sites (tertiary alicyclic amines) is 1. The third kappa shape index (κ3) is 4.53. The Morgan fingerprint density at radius 1 is 1.07 bits per heavy atom. The van der Waals surface area contributed by atoms with Crippen LogP contribution in [0, 0.1) is 0 Å². The van der Waals surface area contributed by atoms with Crippen LogP contribution in [0.25, 0.3) is 0 Å². The number of primary amides is 1. The van der Waals surface area contributed by atoms with Crippen LogP contribution in [0.3, 0.4) is 0 Å². The molecule has 2 aromatic rings. The van der Waals surface area contributed by atoms with Gasteiger partial charge >= 0.3 is 0 Å². The molecule has 0 saturated carbocycles. The first-order valence-corrected chi connectivity index (χ1v) is 10.6. The topological polar surface area (TPSA) is 104 Å². The fraction of sp³-hybridized carbons (Fsp3) is 0.455. The quantitative estimate of drug-likeness (QED) is 0.712. The van der Waals surface area contributed by atoms with E-state index in [1.165, 1.54) is 12.0 Å². The van der Waals surface area contributed by atoms with Gasteiger partial charge in [0, 0.05) is 31.9 Å². The summed E-state index contributed by atoms with van der Waals surface area (Å²) >= 11 is 0. The van der Waals surface area contributed by atoms with Crippen LogP contribution in [0.4, 0.5) is 17.3 Å². The van der Waals surface area contributed by atoms with Crippen molar-refractivity contribution < 1.29 is 9.59 Å². The summed E-state index contributed by atoms with van der Waals surface area (Å²) in [6.07, 6.45) is 8.00. The third-order valence-electron chi connectivity index (χ3n) is 6.00. The van der Waals surface area contributed by atoms with Gasteiger partial charge in [0.25, 0.3) is 5.91 Å². The summed E-state index contributed by atoms with van der Waals surface area (Å²) in [7, 11) is 0. The van der Waals surface area contributed by atoms with Crippen LogP contribution in [0.5, 0.6) is 0 Å². The highest BCUT2D eigenvalue weighted by molar-refractivity contribution is 5.96. The SMILES string of the molecule is NC(=O)c1ncc(N2CCCCC2)nc1Nc1ccc(C2CCN(C=O)CC2)cc1. The number of nitrogens with two attached hydrogens (primary N) is 1. The van der Waals surface area contributed by atoms with Crippen molar-refractivity contribution >= 4 is 29.6 Å². The summed E-state index contributed by atoms with van der Waals surface area (Å²) in [6, 6.07) is 8.16. The van der Waals surface area contributed by atoms with Crippen molar-refractivity contribution in [3.63, 3.8) is 0 Å². The number of rotatable bonds is 6. The van der Waals surface area contributed by atoms with Gasteiger partial charge < -0.3 is 20.9 Å². The van der Waals surface area contributed by atoms with Crippen molar-refractivity contribution in [1.82, 2.24) is 14.9 Å². The van der Waals surface area contributed by atoms with E-state index in [0.29, 0.717) is 11.7 Å². The standard InChI is InChI=1S/C22H28N6O2/c23-21(30)20-22(26-19(14-24-20)28-10-2-1-3-11-28)25-18-6-4-16(5-7-18)17-8-12-27(15-29)13-9-17/h4-7,14-15,17H,1-3,8-13H2,(H2,23,30)(H,25,26). The van der Waals surface area contributed by atoms with Crippen LogP contribution in [0.1, 0.15) is 54.1 Å². The van der Waals surface area contributed by atoms with E-state index in [2.05, 4.69) is 32.3 Å². The van der Waals surface area contributed by atoms with Crippen LogP contribution >= 0.6 is 0 Å². The van der Waals surface area contributed by atoms with Gasteiger partial charge in [-0.05, 0) is 55.7 Å². The number of hydrogen-bond acceptors (Lipinski definition) is 6. The lowest BCUT2D eigenvalue weighted by Crippen LogP contribution is -2.31. The monoisotopic (exact) mass is 408 g/mol. The maximum absolute atomic E-state index is 11.8. The highest BCUT2D eigenvalue weighted by Gasteiger charge is 2.20. The Morgan fingerprint density at radius 2 is 1.77 bits per heavy atom. The molecule has 0 radical (unpaired) electrons. The van der Waals surface area contributed by atoms with Crippen molar-refractivity contribution in [2.45, 2.75) is 38.0 Å². The molecule has 8 heteroatoms. The maximum Gasteiger partial charge on any atom is 0.271 e. The molecule has 1 aromatic heterocycles. The molecule has 1 aromatic carbocycles. The van der Waals surface area contributed by atoms with Gasteiger partial charge in [-0.2, -0.15) is 0 Å². The summed E-state index contributed by atoms with van der Waals surface area (Å²) in [5.74, 6) is 1.01. The lowest BCUT2D eigenvalue weighted by molar-refractivity contribution is -0.119. The van der Waals surface area contributed by atoms with Crippen LogP contribution in [-0.2, 0) is 4.79 Å². The molecule has 0 unspecified atom stereocenters. The molecule has 3 N–H and O–H groups in total. The van der Waals surface area contributed by atoms with Gasteiger partial charge in [0.15, 0.2) is 11.5 Å². The van der Waals surface area contributed by atoms with Crippen LogP contribution in [0.15, 0.2) is 30.5 Å². The van der Waals surface area contributed by atoms with Crippen LogP contribution < -0.4 is 16.0 Å². The molecule has 0 aliphatic carbocycles. The molecule has 0 atom stereocenters. The zero-order valence-electron chi connectivity index (χ0n) is 17.1. The fourth-order valence-electron chi connectivity index (χ4n) is 4.24. The molecule has 158 valence electrons. The molecule has 4 rings (SSSR count). The Kier molecular flexibility index (Phi) is 6.11. The van der Waals surface area contributed by atoms with E-state index in [0.717, 1.165) is 69.8 Å². The molecule has 2 aliphatic rings. The molecular formula is C22H28N6O2. The van der Waals surface area contributed by atoms with Crippen molar-refractivity contribution in [3.05, 3.63) is 41.7 Å². The summed E-state index contributed by atoms with van der Waals surface area (Å²) in [5.41, 5.74) is 7.75. The molecule has 2 amide bonds. The van der Waals surface area contributed by atoms with Crippen molar-refractivity contribution in [2.24, 2.45) is 5.73 Å². The smallest absolute Gasteiger partial charge is 0.271 e. The molecule has 2 aliphatic heterocycles. The molecule has 2 saturated heterocycles. The van der Waals surface area contributed by atoms with Gasteiger partial charge in [-0.3, -0.25) is 9.59 Å². The minimum Gasteiger partial charge on any atom is -0.364 e. The van der Waals surface area contributed by atoms with Gasteiger partial charge in [0.1, 0.15) is 5.82 Å². The van der Waals surface area contributed by atoms with E-state index in [1.54, 1.807) is 6.20 Å². The Hall–Kier alpha value is -3.16. The number of nitrogens with one attached hydrogen (secondary N) is 1. The normalized spacial score (nSPS) is 17.6. The second-order valence-corrected chi connectivity index (χ2v) is 8.00. The minimum atomic E-state index is -0.603. The number of aromatic nitrogens is 2. The largest absolute Gasteiger partial charge is 0.364 e. The predicted octanol–water partition coefficient (Wildman–Crippen LogP) is 2.65. The Bertz CT molecular complexity index is 887. The average Bonchev–Trinajstić information content (AvgIpc) is 2.80. The minimum absolute atomic E-state index is 0.140. The van der Waals surface area contributed by atoms with E-state index in [4.69, 9.17) is 5.73 Å².